The van der Waals surface area contributed by atoms with Crippen molar-refractivity contribution in [3.8, 4) is 11.3 Å². The quantitative estimate of drug-likeness (QED) is 0.171. The highest BCUT2D eigenvalue weighted by Crippen LogP contribution is 2.40. The zero-order chi connectivity index (χ0) is 33.4. The fourth-order valence-electron chi connectivity index (χ4n) is 5.57. The van der Waals surface area contributed by atoms with Crippen LogP contribution in [0.5, 0.6) is 0 Å². The molecule has 1 aliphatic rings. The molecule has 46 heavy (non-hydrogen) atoms. The highest BCUT2D eigenvalue weighted by Gasteiger charge is 2.45. The number of anilines is 2. The molecule has 1 saturated heterocycles. The average molecular weight is 653 g/mol. The number of aromatic nitrogens is 3. The first-order valence-corrected chi connectivity index (χ1v) is 18.1. The molecule has 244 valence electrons. The molecular weight excluding hydrogens is 613 g/mol. The molecule has 4 heterocycles. The molecule has 3 aromatic heterocycles. The van der Waals surface area contributed by atoms with E-state index in [2.05, 4.69) is 71.3 Å². The van der Waals surface area contributed by atoms with Crippen molar-refractivity contribution in [2.45, 2.75) is 64.5 Å². The highest BCUT2D eigenvalue weighted by molar-refractivity contribution is 6.74. The van der Waals surface area contributed by atoms with Gasteiger partial charge in [0.2, 0.25) is 0 Å². The van der Waals surface area contributed by atoms with E-state index in [1.807, 2.05) is 6.07 Å². The average Bonchev–Trinajstić information content (AvgIpc) is 2.98. The largest absolute Gasteiger partial charge is 0.465 e. The number of nitrogens with zero attached hydrogens (tertiary/aromatic N) is 4. The van der Waals surface area contributed by atoms with Crippen molar-refractivity contribution in [3.63, 3.8) is 0 Å². The fourth-order valence-corrected chi connectivity index (χ4v) is 7.00. The molecule has 5 rings (SSSR count). The number of carbonyl (C=O) groups is 1. The second kappa shape index (κ2) is 12.9. The van der Waals surface area contributed by atoms with Gasteiger partial charge >= 0.3 is 6.09 Å². The smallest absolute Gasteiger partial charge is 0.405 e. The summed E-state index contributed by atoms with van der Waals surface area (Å²) in [5.74, 6) is -2.77. The van der Waals surface area contributed by atoms with Gasteiger partial charge in [-0.15, -0.1) is 0 Å². The summed E-state index contributed by atoms with van der Waals surface area (Å²) < 4.78 is 52.1. The first kappa shape index (κ1) is 33.1. The number of benzene rings is 1. The molecule has 0 bridgehead atoms. The summed E-state index contributed by atoms with van der Waals surface area (Å²) in [5, 5.41) is 15.7. The van der Waals surface area contributed by atoms with Crippen LogP contribution >= 0.6 is 0 Å². The molecule has 13 heteroatoms. The van der Waals surface area contributed by atoms with E-state index < -0.39 is 49.2 Å². The number of nitrogens with one attached hydrogen (secondary N) is 2. The van der Waals surface area contributed by atoms with E-state index in [9.17, 15) is 14.3 Å². The summed E-state index contributed by atoms with van der Waals surface area (Å²) in [5.41, 5.74) is 0.883. The maximum absolute atomic E-state index is 15.4. The van der Waals surface area contributed by atoms with Gasteiger partial charge < -0.3 is 25.1 Å². The Morgan fingerprint density at radius 1 is 1.11 bits per heavy atom. The van der Waals surface area contributed by atoms with Crippen LogP contribution in [-0.2, 0) is 11.0 Å². The minimum Gasteiger partial charge on any atom is -0.465 e. The minimum atomic E-state index is -2.20. The first-order chi connectivity index (χ1) is 21.7. The monoisotopic (exact) mass is 652 g/mol. The molecule has 0 spiro atoms. The zero-order valence-corrected chi connectivity index (χ0v) is 27.7. The van der Waals surface area contributed by atoms with Crippen molar-refractivity contribution in [3.05, 3.63) is 78.1 Å². The molecule has 0 saturated carbocycles. The minimum absolute atomic E-state index is 0.0102. The lowest BCUT2D eigenvalue weighted by Crippen LogP contribution is -2.62. The van der Waals surface area contributed by atoms with E-state index in [0.717, 1.165) is 17.8 Å². The van der Waals surface area contributed by atoms with Crippen LogP contribution in [0.15, 0.2) is 55.0 Å². The number of piperidine rings is 1. The van der Waals surface area contributed by atoms with Crippen LogP contribution in [0.2, 0.25) is 18.1 Å². The standard InChI is InChI=1S/C33H39F3N6O3Si/c1-19-17-42(18-26(41-32(43)44)31(19)45-46(5,6)33(2,3)4)27-11-13-37-16-25(27)39-15-20-9-10-22(34)30(40-20)28-23(35)14-24-21(29(28)36)8-7-12-38-24/h7-14,16,19,26,31,39,41H,15,17-18H2,1-6H3,(H,43,44)/t19-,26+,31+/m0/s1. The number of carboxylic acid groups (broad SMARTS) is 1. The van der Waals surface area contributed by atoms with Crippen molar-refractivity contribution in [2.24, 2.45) is 5.92 Å². The van der Waals surface area contributed by atoms with Crippen LogP contribution in [0, 0.1) is 23.4 Å². The second-order valence-electron chi connectivity index (χ2n) is 13.3. The van der Waals surface area contributed by atoms with Crippen molar-refractivity contribution in [1.82, 2.24) is 20.3 Å². The van der Waals surface area contributed by atoms with E-state index in [4.69, 9.17) is 4.43 Å². The van der Waals surface area contributed by atoms with Crippen LogP contribution in [0.25, 0.3) is 22.2 Å². The summed E-state index contributed by atoms with van der Waals surface area (Å²) in [6.07, 6.45) is 3.28. The predicted octanol–water partition coefficient (Wildman–Crippen LogP) is 7.20. The summed E-state index contributed by atoms with van der Waals surface area (Å²) in [6.45, 7) is 13.9. The summed E-state index contributed by atoms with van der Waals surface area (Å²) in [4.78, 5) is 26.4. The first-order valence-electron chi connectivity index (χ1n) is 15.1. The predicted molar refractivity (Wildman–Crippen MR) is 175 cm³/mol. The van der Waals surface area contributed by atoms with Gasteiger partial charge in [-0.25, -0.2) is 22.9 Å². The number of hydrogen-bond donors (Lipinski definition) is 3. The van der Waals surface area contributed by atoms with E-state index >= 15 is 8.78 Å². The Morgan fingerprint density at radius 3 is 2.59 bits per heavy atom. The maximum Gasteiger partial charge on any atom is 0.405 e. The van der Waals surface area contributed by atoms with Gasteiger partial charge in [-0.1, -0.05) is 27.7 Å². The molecule has 3 atom stereocenters. The van der Waals surface area contributed by atoms with Gasteiger partial charge in [0.15, 0.2) is 8.32 Å². The maximum atomic E-state index is 15.4. The Kier molecular flexibility index (Phi) is 9.27. The van der Waals surface area contributed by atoms with Crippen molar-refractivity contribution in [2.75, 3.05) is 23.3 Å². The van der Waals surface area contributed by atoms with Gasteiger partial charge in [0.1, 0.15) is 23.1 Å². The Labute approximate surface area is 267 Å². The summed E-state index contributed by atoms with van der Waals surface area (Å²) in [7, 11) is -2.20. The normalized spacial score (nSPS) is 18.9. The Morgan fingerprint density at radius 2 is 1.87 bits per heavy atom. The molecule has 0 unspecified atom stereocenters. The summed E-state index contributed by atoms with van der Waals surface area (Å²) >= 11 is 0. The van der Waals surface area contributed by atoms with Crippen LogP contribution in [0.1, 0.15) is 33.4 Å². The molecule has 4 aromatic rings. The van der Waals surface area contributed by atoms with Gasteiger partial charge in [0.05, 0.1) is 53.0 Å². The molecule has 3 N–H and O–H groups in total. The van der Waals surface area contributed by atoms with Crippen molar-refractivity contribution in [1.29, 1.82) is 0 Å². The van der Waals surface area contributed by atoms with E-state index in [1.54, 1.807) is 12.4 Å². The lowest BCUT2D eigenvalue weighted by Gasteiger charge is -2.48. The number of hydrogen-bond acceptors (Lipinski definition) is 7. The lowest BCUT2D eigenvalue weighted by molar-refractivity contribution is 0.0722. The number of pyridine rings is 3. The van der Waals surface area contributed by atoms with E-state index in [-0.39, 0.29) is 34.5 Å². The van der Waals surface area contributed by atoms with E-state index in [1.165, 1.54) is 24.4 Å². The zero-order valence-electron chi connectivity index (χ0n) is 26.7. The topological polar surface area (TPSA) is 112 Å². The van der Waals surface area contributed by atoms with Gasteiger partial charge in [-0.2, -0.15) is 0 Å². The molecule has 0 aliphatic carbocycles. The number of halogens is 3. The Hall–Kier alpha value is -4.23. The summed E-state index contributed by atoms with van der Waals surface area (Å²) in [6, 6.07) is 7.96. The Balaban J connectivity index is 1.39. The third-order valence-electron chi connectivity index (χ3n) is 8.96. The molecule has 1 fully saturated rings. The van der Waals surface area contributed by atoms with Gasteiger partial charge in [0, 0.05) is 42.9 Å². The third-order valence-corrected chi connectivity index (χ3v) is 13.4. The number of amides is 1. The molecular formula is C33H39F3N6O3Si. The third kappa shape index (κ3) is 6.80. The van der Waals surface area contributed by atoms with Gasteiger partial charge in [0.25, 0.3) is 0 Å². The fraction of sp³-hybridized carbons (Fsp3) is 0.394. The Bertz CT molecular complexity index is 1750. The second-order valence-corrected chi connectivity index (χ2v) is 18.0. The van der Waals surface area contributed by atoms with Crippen LogP contribution in [0.3, 0.4) is 0 Å². The molecule has 1 amide bonds. The molecule has 9 nitrogen and oxygen atoms in total. The van der Waals surface area contributed by atoms with Gasteiger partial charge in [-0.05, 0) is 48.5 Å². The SMILES string of the molecule is C[C@H]1CN(c2ccncc2NCc2ccc(F)c(-c3c(F)cc4ncccc4c3F)n2)C[C@@H](NC(=O)O)[C@@H]1O[Si](C)(C)C(C)(C)C. The lowest BCUT2D eigenvalue weighted by atomic mass is 9.92. The number of fused-ring (bicyclic) bond motifs is 1. The number of rotatable bonds is 8. The van der Waals surface area contributed by atoms with Crippen LogP contribution in [-0.4, -0.2) is 59.7 Å². The van der Waals surface area contributed by atoms with Crippen LogP contribution in [0.4, 0.5) is 29.3 Å². The van der Waals surface area contributed by atoms with Crippen molar-refractivity contribution < 1.29 is 27.5 Å². The van der Waals surface area contributed by atoms with Crippen molar-refractivity contribution >= 4 is 36.7 Å². The molecule has 0 radical (unpaired) electrons. The molecule has 1 aliphatic heterocycles. The van der Waals surface area contributed by atoms with Gasteiger partial charge in [-0.3, -0.25) is 9.97 Å². The van der Waals surface area contributed by atoms with E-state index in [0.29, 0.717) is 24.5 Å². The molecule has 1 aromatic carbocycles. The van der Waals surface area contributed by atoms with Crippen LogP contribution < -0.4 is 15.5 Å². The highest BCUT2D eigenvalue weighted by atomic mass is 28.4.